The standard InChI is InChI=1S/C14H25N3O/c1-3-9-15-13(14-5-4-11-18-14)7-6-12-8-10-16-17(12)2/h8,10,13-15H,3-7,9,11H2,1-2H3. The maximum Gasteiger partial charge on any atom is 0.0728 e. The number of rotatable bonds is 7. The molecule has 2 unspecified atom stereocenters. The van der Waals surface area contributed by atoms with Crippen LogP contribution in [0.4, 0.5) is 0 Å². The van der Waals surface area contributed by atoms with Gasteiger partial charge in [-0.3, -0.25) is 4.68 Å². The molecule has 4 nitrogen and oxygen atoms in total. The highest BCUT2D eigenvalue weighted by molar-refractivity contribution is 5.01. The second kappa shape index (κ2) is 6.90. The first-order valence-electron chi connectivity index (χ1n) is 7.13. The summed E-state index contributed by atoms with van der Waals surface area (Å²) in [6.07, 6.45) is 8.06. The quantitative estimate of drug-likeness (QED) is 0.804. The molecule has 1 aromatic rings. The Morgan fingerprint density at radius 1 is 1.61 bits per heavy atom. The highest BCUT2D eigenvalue weighted by Gasteiger charge is 2.25. The van der Waals surface area contributed by atoms with Crippen LogP contribution in [0.15, 0.2) is 12.3 Å². The van der Waals surface area contributed by atoms with Crippen LogP contribution in [0.1, 0.15) is 38.3 Å². The smallest absolute Gasteiger partial charge is 0.0728 e. The fraction of sp³-hybridized carbons (Fsp3) is 0.786. The molecule has 0 bridgehead atoms. The van der Waals surface area contributed by atoms with Crippen molar-refractivity contribution in [1.82, 2.24) is 15.1 Å². The van der Waals surface area contributed by atoms with Gasteiger partial charge in [-0.1, -0.05) is 6.92 Å². The highest BCUT2D eigenvalue weighted by atomic mass is 16.5. The van der Waals surface area contributed by atoms with Crippen molar-refractivity contribution < 1.29 is 4.74 Å². The summed E-state index contributed by atoms with van der Waals surface area (Å²) in [5, 5.41) is 7.86. The van der Waals surface area contributed by atoms with Gasteiger partial charge in [-0.25, -0.2) is 0 Å². The predicted molar refractivity (Wildman–Crippen MR) is 72.6 cm³/mol. The molecule has 0 aromatic carbocycles. The summed E-state index contributed by atoms with van der Waals surface area (Å²) < 4.78 is 7.79. The first-order chi connectivity index (χ1) is 8.81. The second-order valence-electron chi connectivity index (χ2n) is 5.10. The number of hydrogen-bond acceptors (Lipinski definition) is 3. The molecule has 1 N–H and O–H groups in total. The summed E-state index contributed by atoms with van der Waals surface area (Å²) in [6, 6.07) is 2.59. The molecule has 1 aliphatic heterocycles. The van der Waals surface area contributed by atoms with Gasteiger partial charge in [0, 0.05) is 31.6 Å². The van der Waals surface area contributed by atoms with Gasteiger partial charge in [0.25, 0.3) is 0 Å². The van der Waals surface area contributed by atoms with Gasteiger partial charge >= 0.3 is 0 Å². The zero-order chi connectivity index (χ0) is 12.8. The molecule has 0 amide bonds. The van der Waals surface area contributed by atoms with E-state index in [1.807, 2.05) is 17.9 Å². The molecule has 4 heteroatoms. The molecule has 1 saturated heterocycles. The van der Waals surface area contributed by atoms with Crippen LogP contribution >= 0.6 is 0 Å². The van der Waals surface area contributed by atoms with Crippen molar-refractivity contribution in [2.75, 3.05) is 13.2 Å². The van der Waals surface area contributed by atoms with Gasteiger partial charge < -0.3 is 10.1 Å². The average Bonchev–Trinajstić information content (AvgIpc) is 3.01. The zero-order valence-corrected chi connectivity index (χ0v) is 11.6. The first-order valence-corrected chi connectivity index (χ1v) is 7.13. The minimum Gasteiger partial charge on any atom is -0.377 e. The van der Waals surface area contributed by atoms with Gasteiger partial charge in [0.1, 0.15) is 0 Å². The monoisotopic (exact) mass is 251 g/mol. The van der Waals surface area contributed by atoms with Crippen LogP contribution in [-0.4, -0.2) is 35.1 Å². The zero-order valence-electron chi connectivity index (χ0n) is 11.6. The van der Waals surface area contributed by atoms with Gasteiger partial charge in [-0.05, 0) is 44.7 Å². The molecular formula is C14H25N3O. The molecule has 18 heavy (non-hydrogen) atoms. The van der Waals surface area contributed by atoms with Crippen molar-refractivity contribution >= 4 is 0 Å². The fourth-order valence-electron chi connectivity index (χ4n) is 2.62. The number of ether oxygens (including phenoxy) is 1. The Morgan fingerprint density at radius 2 is 2.50 bits per heavy atom. The molecule has 0 spiro atoms. The summed E-state index contributed by atoms with van der Waals surface area (Å²) in [5.74, 6) is 0. The van der Waals surface area contributed by atoms with Crippen LogP contribution < -0.4 is 5.32 Å². The molecule has 2 rings (SSSR count). The van der Waals surface area contributed by atoms with Crippen molar-refractivity contribution in [1.29, 1.82) is 0 Å². The third-order valence-electron chi connectivity index (χ3n) is 3.70. The Bertz CT molecular complexity index is 345. The Labute approximate surface area is 110 Å². The Kier molecular flexibility index (Phi) is 5.20. The minimum absolute atomic E-state index is 0.407. The van der Waals surface area contributed by atoms with Crippen LogP contribution in [0, 0.1) is 0 Å². The maximum atomic E-state index is 5.83. The van der Waals surface area contributed by atoms with E-state index in [-0.39, 0.29) is 0 Å². The van der Waals surface area contributed by atoms with E-state index >= 15 is 0 Å². The van der Waals surface area contributed by atoms with Crippen molar-refractivity contribution in [3.63, 3.8) is 0 Å². The molecule has 0 aliphatic carbocycles. The first kappa shape index (κ1) is 13.6. The average molecular weight is 251 g/mol. The van der Waals surface area contributed by atoms with Crippen LogP contribution in [0.5, 0.6) is 0 Å². The lowest BCUT2D eigenvalue weighted by Crippen LogP contribution is -2.40. The molecule has 1 aliphatic rings. The predicted octanol–water partition coefficient (Wildman–Crippen LogP) is 1.90. The summed E-state index contributed by atoms with van der Waals surface area (Å²) in [6.45, 7) is 4.22. The van der Waals surface area contributed by atoms with Crippen LogP contribution in [-0.2, 0) is 18.2 Å². The van der Waals surface area contributed by atoms with Gasteiger partial charge in [0.05, 0.1) is 6.10 Å². The summed E-state index contributed by atoms with van der Waals surface area (Å²) in [4.78, 5) is 0. The lowest BCUT2D eigenvalue weighted by Gasteiger charge is -2.24. The summed E-state index contributed by atoms with van der Waals surface area (Å²) in [5.41, 5.74) is 1.30. The number of nitrogens with one attached hydrogen (secondary N) is 1. The van der Waals surface area contributed by atoms with E-state index < -0.39 is 0 Å². The summed E-state index contributed by atoms with van der Waals surface area (Å²) >= 11 is 0. The van der Waals surface area contributed by atoms with Gasteiger partial charge in [0.15, 0.2) is 0 Å². The molecule has 2 atom stereocenters. The number of nitrogens with zero attached hydrogens (tertiary/aromatic N) is 2. The molecule has 1 aromatic heterocycles. The van der Waals surface area contributed by atoms with Gasteiger partial charge in [-0.2, -0.15) is 5.10 Å². The highest BCUT2D eigenvalue weighted by Crippen LogP contribution is 2.19. The molecule has 0 radical (unpaired) electrons. The van der Waals surface area contributed by atoms with Crippen LogP contribution in [0.3, 0.4) is 0 Å². The fourth-order valence-corrected chi connectivity index (χ4v) is 2.62. The largest absolute Gasteiger partial charge is 0.377 e. The van der Waals surface area contributed by atoms with Crippen molar-refractivity contribution in [3.8, 4) is 0 Å². The molecule has 102 valence electrons. The lowest BCUT2D eigenvalue weighted by atomic mass is 10.0. The molecular weight excluding hydrogens is 226 g/mol. The van der Waals surface area contributed by atoms with Crippen LogP contribution in [0.2, 0.25) is 0 Å². The van der Waals surface area contributed by atoms with E-state index in [0.717, 1.165) is 26.0 Å². The van der Waals surface area contributed by atoms with E-state index in [4.69, 9.17) is 4.74 Å². The van der Waals surface area contributed by atoms with E-state index in [0.29, 0.717) is 12.1 Å². The SMILES string of the molecule is CCCNC(CCc1ccnn1C)C1CCCO1. The van der Waals surface area contributed by atoms with Gasteiger partial charge in [-0.15, -0.1) is 0 Å². The molecule has 2 heterocycles. The van der Waals surface area contributed by atoms with Crippen LogP contribution in [0.25, 0.3) is 0 Å². The van der Waals surface area contributed by atoms with Crippen molar-refractivity contribution in [2.24, 2.45) is 7.05 Å². The number of aryl methyl sites for hydroxylation is 2. The van der Waals surface area contributed by atoms with Gasteiger partial charge in [0.2, 0.25) is 0 Å². The van der Waals surface area contributed by atoms with Crippen molar-refractivity contribution in [3.05, 3.63) is 18.0 Å². The Hall–Kier alpha value is -0.870. The Morgan fingerprint density at radius 3 is 3.11 bits per heavy atom. The minimum atomic E-state index is 0.407. The Balaban J connectivity index is 1.86. The van der Waals surface area contributed by atoms with E-state index in [1.54, 1.807) is 0 Å². The topological polar surface area (TPSA) is 39.1 Å². The summed E-state index contributed by atoms with van der Waals surface area (Å²) in [7, 11) is 2.01. The molecule has 0 saturated carbocycles. The van der Waals surface area contributed by atoms with Crippen molar-refractivity contribution in [2.45, 2.75) is 51.2 Å². The third-order valence-corrected chi connectivity index (χ3v) is 3.70. The number of hydrogen-bond donors (Lipinski definition) is 1. The second-order valence-corrected chi connectivity index (χ2v) is 5.10. The van der Waals surface area contributed by atoms with E-state index in [9.17, 15) is 0 Å². The maximum absolute atomic E-state index is 5.83. The number of aromatic nitrogens is 2. The molecule has 1 fully saturated rings. The third kappa shape index (κ3) is 3.56. The lowest BCUT2D eigenvalue weighted by molar-refractivity contribution is 0.0755. The van der Waals surface area contributed by atoms with E-state index in [1.165, 1.54) is 25.0 Å². The normalized spacial score (nSPS) is 21.3. The van der Waals surface area contributed by atoms with E-state index in [2.05, 4.69) is 23.4 Å².